The van der Waals surface area contributed by atoms with Crippen molar-refractivity contribution >= 4 is 46.2 Å². The highest BCUT2D eigenvalue weighted by atomic mass is 16.7. The zero-order valence-corrected chi connectivity index (χ0v) is 26.6. The standard InChI is InChI=1S/C38H35N5O4/c1-42(2)33-22-14-28(15-23-33)36(44)39-31-18-10-26(11-19-31)35(41-47-38(46)30-8-6-5-7-9-30)27-12-20-32(21-13-27)40-37(45)29-16-24-34(25-17-29)43(3)4/h5-25H,1-4H3,(H,39,44)(H,40,45). The maximum atomic E-state index is 12.9. The molecule has 0 aromatic heterocycles. The monoisotopic (exact) mass is 625 g/mol. The van der Waals surface area contributed by atoms with Gasteiger partial charge in [0.25, 0.3) is 11.8 Å². The Kier molecular flexibility index (Phi) is 10.1. The summed E-state index contributed by atoms with van der Waals surface area (Å²) in [5.41, 5.74) is 6.30. The van der Waals surface area contributed by atoms with Crippen LogP contribution in [-0.4, -0.2) is 51.7 Å². The first-order valence-corrected chi connectivity index (χ1v) is 14.9. The summed E-state index contributed by atoms with van der Waals surface area (Å²) in [6, 6.07) is 37.4. The molecular formula is C38H35N5O4. The van der Waals surface area contributed by atoms with Crippen molar-refractivity contribution in [1.29, 1.82) is 0 Å². The number of nitrogens with one attached hydrogen (secondary N) is 2. The van der Waals surface area contributed by atoms with Gasteiger partial charge in [0.1, 0.15) is 5.71 Å². The van der Waals surface area contributed by atoms with E-state index in [1.165, 1.54) is 0 Å². The Labute approximate surface area is 274 Å². The highest BCUT2D eigenvalue weighted by Gasteiger charge is 2.14. The van der Waals surface area contributed by atoms with Crippen LogP contribution in [0.1, 0.15) is 42.2 Å². The van der Waals surface area contributed by atoms with Gasteiger partial charge in [0.05, 0.1) is 5.56 Å². The highest BCUT2D eigenvalue weighted by Crippen LogP contribution is 2.20. The van der Waals surface area contributed by atoms with Crippen molar-refractivity contribution in [1.82, 2.24) is 0 Å². The summed E-state index contributed by atoms with van der Waals surface area (Å²) in [4.78, 5) is 47.7. The summed E-state index contributed by atoms with van der Waals surface area (Å²) >= 11 is 0. The maximum Gasteiger partial charge on any atom is 0.365 e. The second-order valence-corrected chi connectivity index (χ2v) is 11.1. The van der Waals surface area contributed by atoms with Crippen LogP contribution in [-0.2, 0) is 4.84 Å². The first kappa shape index (κ1) is 32.2. The summed E-state index contributed by atoms with van der Waals surface area (Å²) in [5, 5.41) is 10.1. The highest BCUT2D eigenvalue weighted by molar-refractivity contribution is 6.14. The molecule has 5 aromatic rings. The van der Waals surface area contributed by atoms with E-state index in [0.717, 1.165) is 11.4 Å². The molecule has 0 atom stereocenters. The molecule has 0 heterocycles. The van der Waals surface area contributed by atoms with E-state index in [4.69, 9.17) is 4.84 Å². The molecule has 47 heavy (non-hydrogen) atoms. The van der Waals surface area contributed by atoms with E-state index in [1.54, 1.807) is 97.1 Å². The number of rotatable bonds is 10. The normalized spacial score (nSPS) is 10.4. The number of amides is 2. The fraction of sp³-hybridized carbons (Fsp3) is 0.105. The van der Waals surface area contributed by atoms with Gasteiger partial charge in [0.15, 0.2) is 0 Å². The summed E-state index contributed by atoms with van der Waals surface area (Å²) in [7, 11) is 7.76. The van der Waals surface area contributed by atoms with Crippen molar-refractivity contribution in [3.05, 3.63) is 155 Å². The lowest BCUT2D eigenvalue weighted by atomic mass is 10.0. The predicted octanol–water partition coefficient (Wildman–Crippen LogP) is 6.93. The first-order valence-electron chi connectivity index (χ1n) is 14.9. The lowest BCUT2D eigenvalue weighted by Crippen LogP contribution is -2.14. The largest absolute Gasteiger partial charge is 0.378 e. The fourth-order valence-electron chi connectivity index (χ4n) is 4.64. The molecule has 2 amide bonds. The minimum absolute atomic E-state index is 0.236. The van der Waals surface area contributed by atoms with Gasteiger partial charge in [-0.1, -0.05) is 47.6 Å². The number of nitrogens with zero attached hydrogens (tertiary/aromatic N) is 3. The van der Waals surface area contributed by atoms with Gasteiger partial charge in [-0.15, -0.1) is 0 Å². The van der Waals surface area contributed by atoms with Crippen LogP contribution >= 0.6 is 0 Å². The molecule has 0 aliphatic rings. The van der Waals surface area contributed by atoms with Crippen LogP contribution in [0.2, 0.25) is 0 Å². The zero-order valence-electron chi connectivity index (χ0n) is 26.6. The molecule has 5 rings (SSSR count). The molecule has 9 nitrogen and oxygen atoms in total. The van der Waals surface area contributed by atoms with Gasteiger partial charge >= 0.3 is 5.97 Å². The Morgan fingerprint density at radius 2 is 0.872 bits per heavy atom. The lowest BCUT2D eigenvalue weighted by molar-refractivity contribution is 0.0516. The molecule has 0 aliphatic carbocycles. The van der Waals surface area contributed by atoms with E-state index in [-0.39, 0.29) is 11.8 Å². The van der Waals surface area contributed by atoms with Crippen molar-refractivity contribution in [2.45, 2.75) is 0 Å². The molecule has 0 radical (unpaired) electrons. The minimum atomic E-state index is -0.601. The number of carbonyl (C=O) groups is 3. The summed E-state index contributed by atoms with van der Waals surface area (Å²) in [6.07, 6.45) is 0. The molecule has 0 unspecified atom stereocenters. The third-order valence-corrected chi connectivity index (χ3v) is 7.35. The molecule has 0 saturated heterocycles. The number of anilines is 4. The maximum absolute atomic E-state index is 12.9. The van der Waals surface area contributed by atoms with Gasteiger partial charge in [-0.05, 0) is 84.9 Å². The van der Waals surface area contributed by atoms with Crippen LogP contribution in [0.25, 0.3) is 0 Å². The second kappa shape index (κ2) is 14.7. The van der Waals surface area contributed by atoms with Crippen LogP contribution in [0.15, 0.2) is 133 Å². The Bertz CT molecular complexity index is 1760. The summed E-state index contributed by atoms with van der Waals surface area (Å²) < 4.78 is 0. The summed E-state index contributed by atoms with van der Waals surface area (Å²) in [5.74, 6) is -1.07. The van der Waals surface area contributed by atoms with Gasteiger partial charge in [0, 0.05) is 73.2 Å². The van der Waals surface area contributed by atoms with Crippen LogP contribution in [0.5, 0.6) is 0 Å². The molecule has 5 aromatic carbocycles. The number of hydrogen-bond acceptors (Lipinski definition) is 7. The van der Waals surface area contributed by atoms with Gasteiger partial charge in [-0.25, -0.2) is 4.79 Å². The quantitative estimate of drug-likeness (QED) is 0.0991. The molecule has 0 bridgehead atoms. The van der Waals surface area contributed by atoms with E-state index in [2.05, 4.69) is 15.8 Å². The van der Waals surface area contributed by atoms with Crippen LogP contribution in [0, 0.1) is 0 Å². The molecule has 0 spiro atoms. The number of hydrogen-bond donors (Lipinski definition) is 2. The van der Waals surface area contributed by atoms with Crippen LogP contribution in [0.4, 0.5) is 22.7 Å². The molecule has 236 valence electrons. The molecule has 0 fully saturated rings. The SMILES string of the molecule is CN(C)c1ccc(C(=O)Nc2ccc(C(=NOC(=O)c3ccccc3)c3ccc(NC(=O)c4ccc(N(C)C)cc4)cc3)cc2)cc1. The van der Waals surface area contributed by atoms with Crippen molar-refractivity contribution in [3.63, 3.8) is 0 Å². The van der Waals surface area contributed by atoms with Gasteiger partial charge in [0.2, 0.25) is 0 Å². The van der Waals surface area contributed by atoms with Gasteiger partial charge in [-0.3, -0.25) is 9.59 Å². The molecule has 0 aliphatic heterocycles. The Morgan fingerprint density at radius 1 is 0.489 bits per heavy atom. The molecular weight excluding hydrogens is 590 g/mol. The Balaban J connectivity index is 1.35. The first-order chi connectivity index (χ1) is 22.7. The predicted molar refractivity (Wildman–Crippen MR) is 188 cm³/mol. The molecule has 0 saturated carbocycles. The zero-order chi connectivity index (χ0) is 33.3. The Hall–Kier alpha value is -6.22. The van der Waals surface area contributed by atoms with Crippen molar-refractivity contribution < 1.29 is 19.2 Å². The average Bonchev–Trinajstić information content (AvgIpc) is 3.10. The topological polar surface area (TPSA) is 103 Å². The van der Waals surface area contributed by atoms with E-state index in [1.807, 2.05) is 68.3 Å². The minimum Gasteiger partial charge on any atom is -0.378 e. The molecule has 2 N–H and O–H groups in total. The third-order valence-electron chi connectivity index (χ3n) is 7.35. The number of carbonyl (C=O) groups excluding carboxylic acids is 3. The lowest BCUT2D eigenvalue weighted by Gasteiger charge is -2.13. The van der Waals surface area contributed by atoms with E-state index in [0.29, 0.717) is 44.9 Å². The van der Waals surface area contributed by atoms with Gasteiger partial charge < -0.3 is 25.3 Å². The van der Waals surface area contributed by atoms with E-state index < -0.39 is 5.97 Å². The third kappa shape index (κ3) is 8.29. The van der Waals surface area contributed by atoms with Crippen molar-refractivity contribution in [2.24, 2.45) is 5.16 Å². The van der Waals surface area contributed by atoms with Crippen LogP contribution < -0.4 is 20.4 Å². The van der Waals surface area contributed by atoms with Crippen molar-refractivity contribution in [3.8, 4) is 0 Å². The van der Waals surface area contributed by atoms with E-state index in [9.17, 15) is 14.4 Å². The Morgan fingerprint density at radius 3 is 1.26 bits per heavy atom. The van der Waals surface area contributed by atoms with E-state index >= 15 is 0 Å². The van der Waals surface area contributed by atoms with Crippen molar-refractivity contribution in [2.75, 3.05) is 48.6 Å². The number of benzene rings is 5. The van der Waals surface area contributed by atoms with Gasteiger partial charge in [-0.2, -0.15) is 0 Å². The second-order valence-electron chi connectivity index (χ2n) is 11.1. The average molecular weight is 626 g/mol. The molecule has 9 heteroatoms. The summed E-state index contributed by atoms with van der Waals surface area (Å²) in [6.45, 7) is 0. The smallest absolute Gasteiger partial charge is 0.365 e. The number of oxime groups is 1. The fourth-order valence-corrected chi connectivity index (χ4v) is 4.64. The van der Waals surface area contributed by atoms with Crippen LogP contribution in [0.3, 0.4) is 0 Å².